The van der Waals surface area contributed by atoms with Crippen LogP contribution >= 0.6 is 27.5 Å². The molecule has 1 aromatic rings. The van der Waals surface area contributed by atoms with Gasteiger partial charge in [-0.3, -0.25) is 14.4 Å². The van der Waals surface area contributed by atoms with Crippen molar-refractivity contribution in [3.8, 4) is 0 Å². The Hall–Kier alpha value is -1.68. The van der Waals surface area contributed by atoms with Crippen LogP contribution in [0.25, 0.3) is 0 Å². The van der Waals surface area contributed by atoms with Crippen molar-refractivity contribution >= 4 is 50.9 Å². The Bertz CT molecular complexity index is 870. The van der Waals surface area contributed by atoms with Crippen LogP contribution in [0.15, 0.2) is 24.3 Å². The maximum Gasteiger partial charge on any atom is 0.250 e. The van der Waals surface area contributed by atoms with E-state index in [1.165, 1.54) is 11.9 Å². The molecule has 0 saturated carbocycles. The number of hydrogen-bond acceptors (Lipinski definition) is 5. The summed E-state index contributed by atoms with van der Waals surface area (Å²) in [6.07, 6.45) is -0.0970. The van der Waals surface area contributed by atoms with Gasteiger partial charge in [-0.15, -0.1) is 0 Å². The van der Waals surface area contributed by atoms with Crippen LogP contribution in [-0.4, -0.2) is 70.5 Å². The van der Waals surface area contributed by atoms with Crippen molar-refractivity contribution in [2.24, 2.45) is 11.8 Å². The van der Waals surface area contributed by atoms with Crippen LogP contribution in [0.3, 0.4) is 0 Å². The Morgan fingerprint density at radius 1 is 1.38 bits per heavy atom. The fourth-order valence-electron chi connectivity index (χ4n) is 5.01. The van der Waals surface area contributed by atoms with Crippen molar-refractivity contribution in [2.45, 2.75) is 29.0 Å². The van der Waals surface area contributed by atoms with Crippen molar-refractivity contribution in [1.29, 1.82) is 0 Å². The predicted octanol–water partition coefficient (Wildman–Crippen LogP) is 0.765. The summed E-state index contributed by atoms with van der Waals surface area (Å²) in [5.41, 5.74) is -0.727. The highest BCUT2D eigenvalue weighted by Gasteiger charge is 2.76. The summed E-state index contributed by atoms with van der Waals surface area (Å²) in [5.74, 6) is -2.59. The molecule has 0 aliphatic carbocycles. The molecule has 1 spiro atoms. The first-order chi connectivity index (χ1) is 13.9. The molecule has 8 nitrogen and oxygen atoms in total. The number of halogens is 2. The fraction of sp³-hybridized carbons (Fsp3) is 0.526. The topological polar surface area (TPSA) is 108 Å². The molecular weight excluding hydrogens is 466 g/mol. The second kappa shape index (κ2) is 7.54. The Labute approximate surface area is 181 Å². The molecule has 0 radical (unpaired) electrons. The smallest absolute Gasteiger partial charge is 0.250 e. The Morgan fingerprint density at radius 2 is 2.10 bits per heavy atom. The van der Waals surface area contributed by atoms with Crippen molar-refractivity contribution in [1.82, 2.24) is 10.2 Å². The van der Waals surface area contributed by atoms with Crippen LogP contribution < -0.4 is 10.6 Å². The molecule has 3 saturated heterocycles. The van der Waals surface area contributed by atoms with Gasteiger partial charge in [0.05, 0.1) is 35.3 Å². The summed E-state index contributed by atoms with van der Waals surface area (Å²) in [4.78, 5) is 40.3. The van der Waals surface area contributed by atoms with Crippen LogP contribution in [0, 0.1) is 11.8 Å². The number of aliphatic hydroxyl groups excluding tert-OH is 1. The third-order valence-electron chi connectivity index (χ3n) is 6.06. The number of rotatable bonds is 5. The molecule has 3 unspecified atom stereocenters. The van der Waals surface area contributed by atoms with E-state index in [2.05, 4.69) is 26.6 Å². The summed E-state index contributed by atoms with van der Waals surface area (Å²) in [6.45, 7) is -0.338. The average molecular weight is 487 g/mol. The Kier molecular flexibility index (Phi) is 5.35. The van der Waals surface area contributed by atoms with E-state index >= 15 is 0 Å². The first kappa shape index (κ1) is 20.6. The van der Waals surface area contributed by atoms with Gasteiger partial charge in [0, 0.05) is 18.4 Å². The first-order valence-electron chi connectivity index (χ1n) is 9.36. The lowest BCUT2D eigenvalue weighted by Gasteiger charge is -2.33. The van der Waals surface area contributed by atoms with E-state index in [9.17, 15) is 19.5 Å². The van der Waals surface area contributed by atoms with Gasteiger partial charge in [0.2, 0.25) is 17.7 Å². The van der Waals surface area contributed by atoms with Gasteiger partial charge >= 0.3 is 0 Å². The third-order valence-corrected chi connectivity index (χ3v) is 7.23. The zero-order valence-electron chi connectivity index (χ0n) is 15.6. The molecule has 3 fully saturated rings. The molecule has 3 aliphatic heterocycles. The number of carbonyl (C=O) groups excluding carboxylic acids is 3. The molecule has 29 heavy (non-hydrogen) atoms. The number of amides is 3. The second-order valence-electron chi connectivity index (χ2n) is 7.50. The maximum absolute atomic E-state index is 13.3. The number of β-amino-alcohol motifs (C(OH)–C–C–N with tert-alkyl or cyclic N) is 1. The van der Waals surface area contributed by atoms with E-state index in [1.54, 1.807) is 24.3 Å². The molecule has 1 aromatic carbocycles. The predicted molar refractivity (Wildman–Crippen MR) is 109 cm³/mol. The molecule has 2 bridgehead atoms. The number of benzene rings is 1. The molecule has 156 valence electrons. The first-order valence-corrected chi connectivity index (χ1v) is 10.6. The van der Waals surface area contributed by atoms with Crippen molar-refractivity contribution in [3.05, 3.63) is 29.3 Å². The molecule has 6 atom stereocenters. The van der Waals surface area contributed by atoms with Gasteiger partial charge in [0.15, 0.2) is 0 Å². The van der Waals surface area contributed by atoms with Gasteiger partial charge in [-0.1, -0.05) is 39.7 Å². The fourth-order valence-corrected chi connectivity index (χ4v) is 6.13. The number of para-hydroxylation sites is 1. The highest BCUT2D eigenvalue weighted by atomic mass is 79.9. The molecule has 10 heteroatoms. The summed E-state index contributed by atoms with van der Waals surface area (Å²) < 4.78 is 6.23. The van der Waals surface area contributed by atoms with Crippen molar-refractivity contribution < 1.29 is 24.2 Å². The normalized spacial score (nSPS) is 35.0. The molecule has 3 heterocycles. The largest absolute Gasteiger partial charge is 0.395 e. The molecule has 4 rings (SSSR count). The van der Waals surface area contributed by atoms with E-state index in [4.69, 9.17) is 16.3 Å². The van der Waals surface area contributed by atoms with Gasteiger partial charge in [0.25, 0.3) is 0 Å². The molecule has 0 aromatic heterocycles. The summed E-state index contributed by atoms with van der Waals surface area (Å²) in [6, 6.07) is 5.81. The van der Waals surface area contributed by atoms with E-state index in [1.807, 2.05) is 0 Å². The number of nitrogens with zero attached hydrogens (tertiary/aromatic N) is 1. The van der Waals surface area contributed by atoms with Gasteiger partial charge in [0.1, 0.15) is 11.6 Å². The zero-order valence-corrected chi connectivity index (χ0v) is 17.9. The monoisotopic (exact) mass is 485 g/mol. The standard InChI is InChI=1S/C19H21BrClN3O5/c1-22-16(26)12-13-18(28)24(6-7-25)15(19(13)8-9(20)14(12)29-19)17(27)23-11-5-3-2-4-10(11)21/h2-5,9,12-15,25H,6-8H2,1H3,(H,22,26)(H,23,27)/t9?,12-,13+,14-,15?,19?/m1/s1. The van der Waals surface area contributed by atoms with E-state index in [0.29, 0.717) is 17.1 Å². The van der Waals surface area contributed by atoms with Crippen molar-refractivity contribution in [2.75, 3.05) is 25.5 Å². The quantitative estimate of drug-likeness (QED) is 0.533. The number of ether oxygens (including phenoxy) is 1. The minimum absolute atomic E-state index is 0.0286. The Morgan fingerprint density at radius 3 is 2.76 bits per heavy atom. The van der Waals surface area contributed by atoms with Gasteiger partial charge < -0.3 is 25.4 Å². The van der Waals surface area contributed by atoms with Crippen LogP contribution in [0.4, 0.5) is 5.69 Å². The van der Waals surface area contributed by atoms with E-state index in [0.717, 1.165) is 0 Å². The lowest BCUT2D eigenvalue weighted by atomic mass is 9.70. The number of likely N-dealkylation sites (tertiary alicyclic amines) is 1. The Balaban J connectivity index is 1.74. The number of aliphatic hydroxyl groups is 1. The second-order valence-corrected chi connectivity index (χ2v) is 9.09. The summed E-state index contributed by atoms with van der Waals surface area (Å²) in [5, 5.41) is 15.3. The van der Waals surface area contributed by atoms with E-state index < -0.39 is 35.5 Å². The lowest BCUT2D eigenvalue weighted by Crippen LogP contribution is -2.54. The van der Waals surface area contributed by atoms with Gasteiger partial charge in [-0.25, -0.2) is 0 Å². The number of nitrogens with one attached hydrogen (secondary N) is 2. The molecular formula is C19H21BrClN3O5. The highest BCUT2D eigenvalue weighted by Crippen LogP contribution is 2.60. The highest BCUT2D eigenvalue weighted by molar-refractivity contribution is 9.09. The van der Waals surface area contributed by atoms with Crippen LogP contribution in [0.2, 0.25) is 5.02 Å². The molecule has 3 aliphatic rings. The summed E-state index contributed by atoms with van der Waals surface area (Å²) >= 11 is 9.73. The summed E-state index contributed by atoms with van der Waals surface area (Å²) in [7, 11) is 1.51. The van der Waals surface area contributed by atoms with Gasteiger partial charge in [-0.2, -0.15) is 0 Å². The minimum Gasteiger partial charge on any atom is -0.395 e. The van der Waals surface area contributed by atoms with Crippen LogP contribution in [0.1, 0.15) is 6.42 Å². The van der Waals surface area contributed by atoms with Gasteiger partial charge in [-0.05, 0) is 18.6 Å². The van der Waals surface area contributed by atoms with E-state index in [-0.39, 0.29) is 29.8 Å². The number of carbonyl (C=O) groups is 3. The van der Waals surface area contributed by atoms with Crippen LogP contribution in [0.5, 0.6) is 0 Å². The third kappa shape index (κ3) is 2.98. The SMILES string of the molecule is CNC(=O)[C@H]1[C@@H]2OC3(CC2Br)C(C(=O)Nc2ccccc2Cl)N(CCO)C(=O)[C@H]13. The maximum atomic E-state index is 13.3. The number of anilines is 1. The number of hydrogen-bond donors (Lipinski definition) is 3. The number of fused-ring (bicyclic) bond motifs is 1. The lowest BCUT2D eigenvalue weighted by molar-refractivity contribution is -0.141. The molecule has 3 amide bonds. The zero-order chi connectivity index (χ0) is 20.9. The average Bonchev–Trinajstić information content (AvgIpc) is 3.27. The minimum atomic E-state index is -1.15. The van der Waals surface area contributed by atoms with Crippen LogP contribution in [-0.2, 0) is 19.1 Å². The number of alkyl halides is 1. The van der Waals surface area contributed by atoms with Crippen molar-refractivity contribution in [3.63, 3.8) is 0 Å². The molecule has 3 N–H and O–H groups in total.